The zero-order valence-electron chi connectivity index (χ0n) is 6.63. The van der Waals surface area contributed by atoms with Crippen molar-refractivity contribution >= 4 is 39.9 Å². The van der Waals surface area contributed by atoms with Crippen LogP contribution < -0.4 is 5.73 Å². The summed E-state index contributed by atoms with van der Waals surface area (Å²) in [6.45, 7) is 0. The lowest BCUT2D eigenvalue weighted by Gasteiger charge is -2.02. The molecule has 0 aliphatic carbocycles. The lowest BCUT2D eigenvalue weighted by Crippen LogP contribution is -1.98. The van der Waals surface area contributed by atoms with Crippen molar-refractivity contribution in [2.45, 2.75) is 0 Å². The van der Waals surface area contributed by atoms with Gasteiger partial charge in [0.15, 0.2) is 11.0 Å². The highest BCUT2D eigenvalue weighted by Crippen LogP contribution is 2.24. The third-order valence-corrected chi connectivity index (χ3v) is 2.08. The number of hydrogen-bond acceptors (Lipinski definition) is 4. The fourth-order valence-corrected chi connectivity index (χ4v) is 1.34. The van der Waals surface area contributed by atoms with Gasteiger partial charge in [-0.05, 0) is 11.6 Å². The van der Waals surface area contributed by atoms with Gasteiger partial charge in [0.1, 0.15) is 11.3 Å². The molecule has 0 spiro atoms. The van der Waals surface area contributed by atoms with E-state index in [0.29, 0.717) is 0 Å². The maximum absolute atomic E-state index is 13.4. The number of fused-ring (bicyclic) bond motifs is 1. The molecule has 0 bridgehead atoms. The molecule has 0 saturated heterocycles. The Bertz CT molecular complexity index is 517. The van der Waals surface area contributed by atoms with Crippen molar-refractivity contribution in [2.24, 2.45) is 0 Å². The minimum Gasteiger partial charge on any atom is -0.383 e. The molecule has 7 heteroatoms. The molecule has 0 atom stereocenters. The highest BCUT2D eigenvalue weighted by atomic mass is 35.5. The number of aromatic nitrogens is 3. The largest absolute Gasteiger partial charge is 0.383 e. The predicted octanol–water partition coefficient (Wildman–Crippen LogP) is 2.05. The zero-order valence-corrected chi connectivity index (χ0v) is 8.14. The van der Waals surface area contributed by atoms with Crippen LogP contribution in [0.2, 0.25) is 10.4 Å². The molecule has 2 rings (SSSR count). The van der Waals surface area contributed by atoms with E-state index in [2.05, 4.69) is 15.0 Å². The van der Waals surface area contributed by atoms with Crippen LogP contribution in [0, 0.1) is 5.82 Å². The van der Waals surface area contributed by atoms with Crippen molar-refractivity contribution in [1.29, 1.82) is 0 Å². The van der Waals surface area contributed by atoms with Crippen LogP contribution in [-0.4, -0.2) is 15.0 Å². The quantitative estimate of drug-likeness (QED) is 0.558. The summed E-state index contributed by atoms with van der Waals surface area (Å²) in [6, 6.07) is 0. The molecule has 2 aromatic heterocycles. The SMILES string of the molecule is Nc1nc(Cl)nc2c(F)c(Cl)ncc12. The Morgan fingerprint density at radius 1 is 1.29 bits per heavy atom. The second-order valence-electron chi connectivity index (χ2n) is 2.50. The molecule has 0 aliphatic rings. The van der Waals surface area contributed by atoms with E-state index < -0.39 is 5.82 Å². The van der Waals surface area contributed by atoms with E-state index in [0.717, 1.165) is 0 Å². The molecule has 0 radical (unpaired) electrons. The van der Waals surface area contributed by atoms with Gasteiger partial charge < -0.3 is 5.73 Å². The summed E-state index contributed by atoms with van der Waals surface area (Å²) >= 11 is 11.0. The van der Waals surface area contributed by atoms with Crippen LogP contribution in [0.5, 0.6) is 0 Å². The molecule has 0 amide bonds. The smallest absolute Gasteiger partial charge is 0.225 e. The van der Waals surface area contributed by atoms with Gasteiger partial charge in [-0.3, -0.25) is 0 Å². The van der Waals surface area contributed by atoms with Crippen molar-refractivity contribution in [1.82, 2.24) is 15.0 Å². The van der Waals surface area contributed by atoms with Crippen LogP contribution in [-0.2, 0) is 0 Å². The van der Waals surface area contributed by atoms with Crippen molar-refractivity contribution in [2.75, 3.05) is 5.73 Å². The summed E-state index contributed by atoms with van der Waals surface area (Å²) in [7, 11) is 0. The van der Waals surface area contributed by atoms with Crippen molar-refractivity contribution in [3.8, 4) is 0 Å². The number of pyridine rings is 1. The fourth-order valence-electron chi connectivity index (χ4n) is 1.03. The summed E-state index contributed by atoms with van der Waals surface area (Å²) in [5.41, 5.74) is 5.47. The third kappa shape index (κ3) is 1.34. The summed E-state index contributed by atoms with van der Waals surface area (Å²) in [4.78, 5) is 10.9. The number of halogens is 3. The molecular weight excluding hydrogens is 230 g/mol. The molecule has 0 aliphatic heterocycles. The van der Waals surface area contributed by atoms with Crippen LogP contribution in [0.3, 0.4) is 0 Å². The highest BCUT2D eigenvalue weighted by Gasteiger charge is 2.12. The van der Waals surface area contributed by atoms with Crippen LogP contribution in [0.4, 0.5) is 10.2 Å². The standard InChI is InChI=1S/C7H3Cl2FN4/c8-5-3(10)4-2(1-12-5)6(11)14-7(9)13-4/h1H,(H2,11,13,14). The van der Waals surface area contributed by atoms with E-state index in [9.17, 15) is 4.39 Å². The van der Waals surface area contributed by atoms with E-state index >= 15 is 0 Å². The summed E-state index contributed by atoms with van der Waals surface area (Å²) in [5, 5.41) is -0.112. The first-order chi connectivity index (χ1) is 6.59. The van der Waals surface area contributed by atoms with Gasteiger partial charge >= 0.3 is 0 Å². The molecule has 0 unspecified atom stereocenters. The normalized spacial score (nSPS) is 10.8. The molecule has 2 aromatic rings. The zero-order chi connectivity index (χ0) is 10.3. The van der Waals surface area contributed by atoms with Crippen molar-refractivity contribution < 1.29 is 4.39 Å². The van der Waals surface area contributed by atoms with E-state index in [1.54, 1.807) is 0 Å². The van der Waals surface area contributed by atoms with Gasteiger partial charge in [0.2, 0.25) is 5.28 Å². The highest BCUT2D eigenvalue weighted by molar-refractivity contribution is 6.30. The molecule has 0 aromatic carbocycles. The first-order valence-corrected chi connectivity index (χ1v) is 4.28. The van der Waals surface area contributed by atoms with Gasteiger partial charge in [0.05, 0.1) is 5.39 Å². The molecule has 14 heavy (non-hydrogen) atoms. The van der Waals surface area contributed by atoms with Crippen LogP contribution in [0.15, 0.2) is 6.20 Å². The lowest BCUT2D eigenvalue weighted by molar-refractivity contribution is 0.631. The average molecular weight is 233 g/mol. The second-order valence-corrected chi connectivity index (χ2v) is 3.20. The molecule has 72 valence electrons. The molecule has 0 fully saturated rings. The summed E-state index contributed by atoms with van der Waals surface area (Å²) in [6.07, 6.45) is 1.30. The molecular formula is C7H3Cl2FN4. The Kier molecular flexibility index (Phi) is 2.13. The Balaban J connectivity index is 2.95. The molecule has 2 N–H and O–H groups in total. The molecule has 0 saturated carbocycles. The van der Waals surface area contributed by atoms with E-state index in [1.165, 1.54) is 6.20 Å². The molecule has 2 heterocycles. The number of hydrogen-bond donors (Lipinski definition) is 1. The van der Waals surface area contributed by atoms with E-state index in [4.69, 9.17) is 28.9 Å². The maximum Gasteiger partial charge on any atom is 0.225 e. The van der Waals surface area contributed by atoms with Crippen molar-refractivity contribution in [3.63, 3.8) is 0 Å². The Labute approximate surface area is 87.9 Å². The van der Waals surface area contributed by atoms with Gasteiger partial charge in [-0.15, -0.1) is 0 Å². The van der Waals surface area contributed by atoms with Crippen LogP contribution in [0.25, 0.3) is 10.9 Å². The second kappa shape index (κ2) is 3.18. The topological polar surface area (TPSA) is 64.7 Å². The predicted molar refractivity (Wildman–Crippen MR) is 51.7 cm³/mol. The van der Waals surface area contributed by atoms with E-state index in [-0.39, 0.29) is 27.2 Å². The lowest BCUT2D eigenvalue weighted by atomic mass is 10.3. The Hall–Kier alpha value is -1.20. The van der Waals surface area contributed by atoms with Crippen LogP contribution in [0.1, 0.15) is 0 Å². The van der Waals surface area contributed by atoms with Crippen molar-refractivity contribution in [3.05, 3.63) is 22.5 Å². The van der Waals surface area contributed by atoms with Gasteiger partial charge in [-0.25, -0.2) is 19.3 Å². The minimum absolute atomic E-state index is 0.0255. The number of rotatable bonds is 0. The van der Waals surface area contributed by atoms with Gasteiger partial charge in [-0.2, -0.15) is 0 Å². The fraction of sp³-hybridized carbons (Fsp3) is 0. The average Bonchev–Trinajstić information content (AvgIpc) is 2.12. The number of nitrogens with zero attached hydrogens (tertiary/aromatic N) is 3. The monoisotopic (exact) mass is 232 g/mol. The summed E-state index contributed by atoms with van der Waals surface area (Å²) in [5.74, 6) is -0.678. The third-order valence-electron chi connectivity index (χ3n) is 1.64. The summed E-state index contributed by atoms with van der Waals surface area (Å²) < 4.78 is 13.4. The maximum atomic E-state index is 13.4. The Morgan fingerprint density at radius 2 is 2.00 bits per heavy atom. The first kappa shape index (κ1) is 9.36. The van der Waals surface area contributed by atoms with Gasteiger partial charge in [0, 0.05) is 6.20 Å². The van der Waals surface area contributed by atoms with Gasteiger partial charge in [0.25, 0.3) is 0 Å². The van der Waals surface area contributed by atoms with Gasteiger partial charge in [-0.1, -0.05) is 11.6 Å². The van der Waals surface area contributed by atoms with E-state index in [1.807, 2.05) is 0 Å². The number of anilines is 1. The Morgan fingerprint density at radius 3 is 2.71 bits per heavy atom. The first-order valence-electron chi connectivity index (χ1n) is 3.52. The minimum atomic E-state index is -0.750. The van der Waals surface area contributed by atoms with Crippen LogP contribution >= 0.6 is 23.2 Å². The molecule has 4 nitrogen and oxygen atoms in total. The number of nitrogen functional groups attached to an aromatic ring is 1. The number of nitrogens with two attached hydrogens (primary N) is 1.